The van der Waals surface area contributed by atoms with Crippen LogP contribution in [0.2, 0.25) is 0 Å². The maximum absolute atomic E-state index is 12.2. The Morgan fingerprint density at radius 3 is 2.58 bits per heavy atom. The molecule has 2 aromatic rings. The number of anilines is 1. The van der Waals surface area contributed by atoms with Crippen LogP contribution in [0.5, 0.6) is 0 Å². The molecule has 0 aliphatic carbocycles. The quantitative estimate of drug-likeness (QED) is 0.889. The van der Waals surface area contributed by atoms with Crippen LogP contribution in [-0.2, 0) is 16.4 Å². The lowest BCUT2D eigenvalue weighted by atomic mass is 10.1. The molecule has 0 radical (unpaired) electrons. The van der Waals surface area contributed by atoms with Crippen molar-refractivity contribution < 1.29 is 8.42 Å². The fraction of sp³-hybridized carbons (Fsp3) is 0.231. The molecule has 0 saturated heterocycles. The van der Waals surface area contributed by atoms with Crippen molar-refractivity contribution in [2.75, 3.05) is 4.72 Å². The van der Waals surface area contributed by atoms with Gasteiger partial charge >= 0.3 is 0 Å². The van der Waals surface area contributed by atoms with Gasteiger partial charge in [-0.3, -0.25) is 4.72 Å². The molecule has 0 spiro atoms. The molecular formula is C13H14BrNO2S2. The van der Waals surface area contributed by atoms with Gasteiger partial charge in [-0.05, 0) is 64.7 Å². The van der Waals surface area contributed by atoms with E-state index in [2.05, 4.69) is 27.6 Å². The van der Waals surface area contributed by atoms with Gasteiger partial charge < -0.3 is 0 Å². The van der Waals surface area contributed by atoms with Gasteiger partial charge in [-0.15, -0.1) is 11.3 Å². The Bertz CT molecular complexity index is 692. The highest BCUT2D eigenvalue weighted by Crippen LogP contribution is 2.28. The first-order valence-electron chi connectivity index (χ1n) is 5.80. The summed E-state index contributed by atoms with van der Waals surface area (Å²) in [6.07, 6.45) is 0.881. The van der Waals surface area contributed by atoms with E-state index in [1.807, 2.05) is 19.1 Å². The van der Waals surface area contributed by atoms with E-state index in [0.29, 0.717) is 9.90 Å². The Balaban J connectivity index is 2.30. The largest absolute Gasteiger partial charge is 0.279 e. The van der Waals surface area contributed by atoms with Gasteiger partial charge in [0.2, 0.25) is 0 Å². The van der Waals surface area contributed by atoms with Crippen molar-refractivity contribution in [2.24, 2.45) is 0 Å². The number of sulfonamides is 1. The number of nitrogens with one attached hydrogen (secondary N) is 1. The molecule has 0 atom stereocenters. The lowest BCUT2D eigenvalue weighted by Crippen LogP contribution is -2.11. The van der Waals surface area contributed by atoms with Crippen molar-refractivity contribution >= 4 is 43.0 Å². The molecule has 102 valence electrons. The van der Waals surface area contributed by atoms with Crippen LogP contribution in [0.15, 0.2) is 38.3 Å². The van der Waals surface area contributed by atoms with Gasteiger partial charge in [-0.25, -0.2) is 8.42 Å². The topological polar surface area (TPSA) is 46.2 Å². The van der Waals surface area contributed by atoms with Crippen molar-refractivity contribution in [1.29, 1.82) is 0 Å². The summed E-state index contributed by atoms with van der Waals surface area (Å²) < 4.78 is 28.1. The summed E-state index contributed by atoms with van der Waals surface area (Å²) in [5, 5.41) is 0. The van der Waals surface area contributed by atoms with Crippen LogP contribution in [0.1, 0.15) is 18.1 Å². The van der Waals surface area contributed by atoms with Crippen LogP contribution in [0, 0.1) is 6.92 Å². The zero-order chi connectivity index (χ0) is 14.0. The molecule has 0 bridgehead atoms. The Hall–Kier alpha value is -0.850. The Morgan fingerprint density at radius 1 is 1.26 bits per heavy atom. The van der Waals surface area contributed by atoms with Crippen molar-refractivity contribution in [1.82, 2.24) is 0 Å². The van der Waals surface area contributed by atoms with Crippen LogP contribution >= 0.6 is 27.3 Å². The second kappa shape index (κ2) is 5.64. The highest BCUT2D eigenvalue weighted by molar-refractivity contribution is 9.11. The smallest absolute Gasteiger partial charge is 0.271 e. The zero-order valence-corrected chi connectivity index (χ0v) is 13.8. The molecule has 0 saturated carbocycles. The van der Waals surface area contributed by atoms with Crippen LogP contribution in [0.3, 0.4) is 0 Å². The molecular weight excluding hydrogens is 346 g/mol. The van der Waals surface area contributed by atoms with E-state index < -0.39 is 10.0 Å². The summed E-state index contributed by atoms with van der Waals surface area (Å²) in [4.78, 5) is 0. The number of hydrogen-bond acceptors (Lipinski definition) is 3. The average molecular weight is 360 g/mol. The summed E-state index contributed by atoms with van der Waals surface area (Å²) in [5.74, 6) is 0. The van der Waals surface area contributed by atoms with E-state index in [0.717, 1.165) is 15.8 Å². The lowest BCUT2D eigenvalue weighted by molar-refractivity contribution is 0.603. The van der Waals surface area contributed by atoms with Gasteiger partial charge in [0, 0.05) is 5.69 Å². The Kier molecular flexibility index (Phi) is 4.32. The van der Waals surface area contributed by atoms with Crippen molar-refractivity contribution in [3.63, 3.8) is 0 Å². The molecule has 0 amide bonds. The molecule has 6 heteroatoms. The van der Waals surface area contributed by atoms with Crippen LogP contribution in [0.4, 0.5) is 5.69 Å². The molecule has 1 heterocycles. The fourth-order valence-corrected chi connectivity index (χ4v) is 4.82. The van der Waals surface area contributed by atoms with E-state index in [1.165, 1.54) is 16.9 Å². The second-order valence-electron chi connectivity index (χ2n) is 4.16. The zero-order valence-electron chi connectivity index (χ0n) is 10.6. The maximum atomic E-state index is 12.2. The fourth-order valence-electron chi connectivity index (χ4n) is 1.76. The van der Waals surface area contributed by atoms with Gasteiger partial charge in [0.1, 0.15) is 4.21 Å². The average Bonchev–Trinajstić information content (AvgIpc) is 2.79. The van der Waals surface area contributed by atoms with E-state index >= 15 is 0 Å². The predicted molar refractivity (Wildman–Crippen MR) is 83.4 cm³/mol. The van der Waals surface area contributed by atoms with Crippen molar-refractivity contribution in [2.45, 2.75) is 24.5 Å². The van der Waals surface area contributed by atoms with Gasteiger partial charge in [0.15, 0.2) is 0 Å². The first-order chi connectivity index (χ1) is 8.92. The summed E-state index contributed by atoms with van der Waals surface area (Å²) in [6.45, 7) is 4.07. The van der Waals surface area contributed by atoms with Gasteiger partial charge in [-0.1, -0.05) is 13.0 Å². The highest BCUT2D eigenvalue weighted by Gasteiger charge is 2.16. The van der Waals surface area contributed by atoms with Crippen LogP contribution < -0.4 is 4.72 Å². The highest BCUT2D eigenvalue weighted by atomic mass is 79.9. The van der Waals surface area contributed by atoms with Crippen molar-refractivity contribution in [3.05, 3.63) is 45.2 Å². The number of aryl methyl sites for hydroxylation is 2. The molecule has 0 fully saturated rings. The normalized spacial score (nSPS) is 11.5. The van der Waals surface area contributed by atoms with Crippen LogP contribution in [0.25, 0.3) is 0 Å². The molecule has 0 unspecified atom stereocenters. The minimum Gasteiger partial charge on any atom is -0.279 e. The standard InChI is InChI=1S/C13H14BrNO2S2/c1-3-10-8-11(5-4-9(10)2)15-19(16,17)13-7-6-12(14)18-13/h4-8,15H,3H2,1-2H3. The number of halogens is 1. The maximum Gasteiger partial charge on any atom is 0.271 e. The third-order valence-electron chi connectivity index (χ3n) is 2.80. The summed E-state index contributed by atoms with van der Waals surface area (Å²) in [5.41, 5.74) is 2.92. The van der Waals surface area contributed by atoms with E-state index in [4.69, 9.17) is 0 Å². The third kappa shape index (κ3) is 3.38. The molecule has 0 aliphatic rings. The first kappa shape index (κ1) is 14.6. The van der Waals surface area contributed by atoms with Gasteiger partial charge in [-0.2, -0.15) is 0 Å². The minimum atomic E-state index is -3.49. The molecule has 2 rings (SSSR count). The molecule has 19 heavy (non-hydrogen) atoms. The van der Waals surface area contributed by atoms with Crippen LogP contribution in [-0.4, -0.2) is 8.42 Å². The van der Waals surface area contributed by atoms with E-state index in [-0.39, 0.29) is 0 Å². The van der Waals surface area contributed by atoms with Gasteiger partial charge in [0.25, 0.3) is 10.0 Å². The predicted octanol–water partition coefficient (Wildman–Crippen LogP) is 4.18. The Morgan fingerprint density at radius 2 is 2.00 bits per heavy atom. The summed E-state index contributed by atoms with van der Waals surface area (Å²) >= 11 is 4.46. The Labute approximate surface area is 125 Å². The SMILES string of the molecule is CCc1cc(NS(=O)(=O)c2ccc(Br)s2)ccc1C. The molecule has 1 aromatic carbocycles. The number of benzene rings is 1. The molecule has 1 aromatic heterocycles. The molecule has 3 nitrogen and oxygen atoms in total. The molecule has 1 N–H and O–H groups in total. The molecule has 0 aliphatic heterocycles. The van der Waals surface area contributed by atoms with E-state index in [9.17, 15) is 8.42 Å². The number of thiophene rings is 1. The summed E-state index contributed by atoms with van der Waals surface area (Å²) in [7, 11) is -3.49. The van der Waals surface area contributed by atoms with E-state index in [1.54, 1.807) is 18.2 Å². The monoisotopic (exact) mass is 359 g/mol. The van der Waals surface area contributed by atoms with Crippen molar-refractivity contribution in [3.8, 4) is 0 Å². The van der Waals surface area contributed by atoms with Gasteiger partial charge in [0.05, 0.1) is 3.79 Å². The third-order valence-corrected chi connectivity index (χ3v) is 6.29. The second-order valence-corrected chi connectivity index (χ2v) is 8.53. The summed E-state index contributed by atoms with van der Waals surface area (Å²) in [6, 6.07) is 8.92. The first-order valence-corrected chi connectivity index (χ1v) is 8.89. The number of hydrogen-bond donors (Lipinski definition) is 1. The lowest BCUT2D eigenvalue weighted by Gasteiger charge is -2.09. The number of rotatable bonds is 4. The minimum absolute atomic E-state index is 0.304.